The average molecular weight is 314 g/mol. The summed E-state index contributed by atoms with van der Waals surface area (Å²) in [6, 6.07) is 10.0. The lowest BCUT2D eigenvalue weighted by atomic mass is 10.2. The molecule has 8 heteroatoms. The molecular formula is C14H14N6OS. The summed E-state index contributed by atoms with van der Waals surface area (Å²) in [7, 11) is 1.68. The zero-order chi connectivity index (χ0) is 15.1. The van der Waals surface area contributed by atoms with Crippen molar-refractivity contribution in [1.82, 2.24) is 24.5 Å². The van der Waals surface area contributed by atoms with Crippen molar-refractivity contribution < 1.29 is 0 Å². The summed E-state index contributed by atoms with van der Waals surface area (Å²) in [6.45, 7) is 1.95. The third-order valence-corrected chi connectivity index (χ3v) is 4.75. The Labute approximate surface area is 130 Å². The minimum absolute atomic E-state index is 0.0584. The van der Waals surface area contributed by atoms with Gasteiger partial charge < -0.3 is 4.90 Å². The second-order valence-electron chi connectivity index (χ2n) is 5.15. The number of hydrogen-bond donors (Lipinski definition) is 0. The van der Waals surface area contributed by atoms with Crippen molar-refractivity contribution in [3.8, 4) is 10.6 Å². The number of benzene rings is 1. The maximum atomic E-state index is 11.9. The molecule has 112 valence electrons. The number of nitrogens with zero attached hydrogens (tertiary/aromatic N) is 6. The quantitative estimate of drug-likeness (QED) is 0.709. The Balaban J connectivity index is 1.62. The van der Waals surface area contributed by atoms with Crippen molar-refractivity contribution >= 4 is 16.5 Å². The van der Waals surface area contributed by atoms with Crippen LogP contribution < -0.4 is 10.6 Å². The zero-order valence-electron chi connectivity index (χ0n) is 12.0. The second kappa shape index (κ2) is 5.06. The normalized spacial score (nSPS) is 14.1. The molecule has 3 heterocycles. The van der Waals surface area contributed by atoms with Gasteiger partial charge in [0.15, 0.2) is 5.82 Å². The Morgan fingerprint density at radius 2 is 1.95 bits per heavy atom. The molecule has 0 N–H and O–H groups in total. The van der Waals surface area contributed by atoms with E-state index in [0.29, 0.717) is 13.1 Å². The first-order valence-electron chi connectivity index (χ1n) is 6.99. The van der Waals surface area contributed by atoms with E-state index in [9.17, 15) is 4.79 Å². The molecule has 2 aromatic heterocycles. The van der Waals surface area contributed by atoms with Crippen molar-refractivity contribution in [3.05, 3.63) is 46.6 Å². The lowest BCUT2D eigenvalue weighted by Gasteiger charge is -2.25. The van der Waals surface area contributed by atoms with Gasteiger partial charge >= 0.3 is 5.69 Å². The van der Waals surface area contributed by atoms with Crippen LogP contribution in [-0.2, 0) is 20.1 Å². The summed E-state index contributed by atoms with van der Waals surface area (Å²) in [5.74, 6) is 0.773. The molecule has 0 saturated heterocycles. The van der Waals surface area contributed by atoms with E-state index in [1.54, 1.807) is 23.0 Å². The highest BCUT2D eigenvalue weighted by atomic mass is 32.1. The third kappa shape index (κ3) is 2.12. The van der Waals surface area contributed by atoms with Gasteiger partial charge in [0.2, 0.25) is 5.13 Å². The lowest BCUT2D eigenvalue weighted by molar-refractivity contribution is 0.547. The van der Waals surface area contributed by atoms with Gasteiger partial charge in [-0.3, -0.25) is 4.57 Å². The van der Waals surface area contributed by atoms with Gasteiger partial charge in [0.25, 0.3) is 0 Å². The number of fused-ring (bicyclic) bond motifs is 1. The molecule has 0 atom stereocenters. The van der Waals surface area contributed by atoms with Crippen molar-refractivity contribution in [2.24, 2.45) is 7.05 Å². The molecular weight excluding hydrogens is 300 g/mol. The Morgan fingerprint density at radius 1 is 1.14 bits per heavy atom. The Kier molecular flexibility index (Phi) is 3.04. The Morgan fingerprint density at radius 3 is 2.77 bits per heavy atom. The van der Waals surface area contributed by atoms with E-state index >= 15 is 0 Å². The molecule has 0 aliphatic carbocycles. The van der Waals surface area contributed by atoms with Crippen LogP contribution in [0.3, 0.4) is 0 Å². The van der Waals surface area contributed by atoms with Crippen LogP contribution in [0.25, 0.3) is 10.6 Å². The van der Waals surface area contributed by atoms with Crippen molar-refractivity contribution in [2.45, 2.75) is 13.1 Å². The van der Waals surface area contributed by atoms with Crippen LogP contribution in [0.2, 0.25) is 0 Å². The molecule has 0 spiro atoms. The molecule has 0 amide bonds. The number of hydrogen-bond acceptors (Lipinski definition) is 6. The minimum Gasteiger partial charge on any atom is -0.337 e. The largest absolute Gasteiger partial charge is 0.345 e. The molecule has 7 nitrogen and oxygen atoms in total. The van der Waals surface area contributed by atoms with Crippen molar-refractivity contribution in [3.63, 3.8) is 0 Å². The fourth-order valence-electron chi connectivity index (χ4n) is 2.57. The van der Waals surface area contributed by atoms with Crippen LogP contribution in [0.5, 0.6) is 0 Å². The molecule has 4 rings (SSSR count). The number of aromatic nitrogens is 5. The van der Waals surface area contributed by atoms with E-state index in [-0.39, 0.29) is 5.69 Å². The van der Waals surface area contributed by atoms with Gasteiger partial charge in [-0.05, 0) is 0 Å². The standard InChI is InChI=1S/C14H14N6OS/c1-18-14(21)20-8-7-19(9-11(20)17-18)13-16-15-12(22-13)10-5-3-2-4-6-10/h2-6H,7-9H2,1H3. The lowest BCUT2D eigenvalue weighted by Crippen LogP contribution is -2.37. The van der Waals surface area contributed by atoms with Crippen LogP contribution in [0.1, 0.15) is 5.82 Å². The van der Waals surface area contributed by atoms with Crippen LogP contribution in [-0.4, -0.2) is 31.1 Å². The monoisotopic (exact) mass is 314 g/mol. The summed E-state index contributed by atoms with van der Waals surface area (Å²) in [4.78, 5) is 14.0. The first-order chi connectivity index (χ1) is 10.7. The number of aryl methyl sites for hydroxylation is 1. The Bertz CT molecular complexity index is 865. The average Bonchev–Trinajstić information content (AvgIpc) is 3.14. The predicted octanol–water partition coefficient (Wildman–Crippen LogP) is 1.12. The van der Waals surface area contributed by atoms with Gasteiger partial charge in [-0.2, -0.15) is 5.10 Å². The molecule has 0 unspecified atom stereocenters. The number of rotatable bonds is 2. The Hall–Kier alpha value is -2.48. The van der Waals surface area contributed by atoms with Gasteiger partial charge in [0.05, 0.1) is 6.54 Å². The van der Waals surface area contributed by atoms with Crippen LogP contribution in [0.15, 0.2) is 35.1 Å². The van der Waals surface area contributed by atoms with Gasteiger partial charge in [-0.25, -0.2) is 9.48 Å². The van der Waals surface area contributed by atoms with E-state index in [4.69, 9.17) is 0 Å². The maximum absolute atomic E-state index is 11.9. The van der Waals surface area contributed by atoms with E-state index in [2.05, 4.69) is 20.2 Å². The predicted molar refractivity (Wildman–Crippen MR) is 83.9 cm³/mol. The molecule has 0 radical (unpaired) electrons. The highest BCUT2D eigenvalue weighted by Gasteiger charge is 2.23. The van der Waals surface area contributed by atoms with Crippen LogP contribution in [0.4, 0.5) is 5.13 Å². The van der Waals surface area contributed by atoms with Crippen molar-refractivity contribution in [2.75, 3.05) is 11.4 Å². The molecule has 1 aliphatic heterocycles. The molecule has 0 saturated carbocycles. The minimum atomic E-state index is -0.0584. The number of anilines is 1. The fraction of sp³-hybridized carbons (Fsp3) is 0.286. The first kappa shape index (κ1) is 13.2. The van der Waals surface area contributed by atoms with Gasteiger partial charge in [0, 0.05) is 25.7 Å². The second-order valence-corrected chi connectivity index (χ2v) is 6.11. The summed E-state index contributed by atoms with van der Waals surface area (Å²) in [5, 5.41) is 14.6. The smallest absolute Gasteiger partial charge is 0.337 e. The fourth-order valence-corrected chi connectivity index (χ4v) is 3.45. The van der Waals surface area contributed by atoms with Gasteiger partial charge in [0.1, 0.15) is 5.01 Å². The summed E-state index contributed by atoms with van der Waals surface area (Å²) in [6.07, 6.45) is 0. The highest BCUT2D eigenvalue weighted by Crippen LogP contribution is 2.29. The van der Waals surface area contributed by atoms with Crippen LogP contribution >= 0.6 is 11.3 Å². The molecule has 1 aromatic carbocycles. The molecule has 0 fully saturated rings. The highest BCUT2D eigenvalue weighted by molar-refractivity contribution is 7.18. The maximum Gasteiger partial charge on any atom is 0.345 e. The molecule has 1 aliphatic rings. The molecule has 22 heavy (non-hydrogen) atoms. The SMILES string of the molecule is Cn1nc2n(c1=O)CCN(c1nnc(-c3ccccc3)s1)C2. The summed E-state index contributed by atoms with van der Waals surface area (Å²) >= 11 is 1.56. The summed E-state index contributed by atoms with van der Waals surface area (Å²) in [5.41, 5.74) is 1.01. The van der Waals surface area contributed by atoms with Gasteiger partial charge in [-0.15, -0.1) is 10.2 Å². The molecule has 3 aromatic rings. The summed E-state index contributed by atoms with van der Waals surface area (Å²) < 4.78 is 3.10. The van der Waals surface area contributed by atoms with E-state index in [0.717, 1.165) is 28.1 Å². The van der Waals surface area contributed by atoms with E-state index in [1.807, 2.05) is 30.3 Å². The zero-order valence-corrected chi connectivity index (χ0v) is 12.8. The third-order valence-electron chi connectivity index (χ3n) is 3.72. The molecule has 0 bridgehead atoms. The van der Waals surface area contributed by atoms with Crippen LogP contribution in [0, 0.1) is 0 Å². The van der Waals surface area contributed by atoms with Gasteiger partial charge in [-0.1, -0.05) is 41.7 Å². The van der Waals surface area contributed by atoms with Crippen molar-refractivity contribution in [1.29, 1.82) is 0 Å². The van der Waals surface area contributed by atoms with E-state index in [1.165, 1.54) is 4.68 Å². The topological polar surface area (TPSA) is 68.8 Å². The first-order valence-corrected chi connectivity index (χ1v) is 7.80. The van der Waals surface area contributed by atoms with E-state index < -0.39 is 0 Å².